The fourth-order valence-electron chi connectivity index (χ4n) is 1.31. The lowest BCUT2D eigenvalue weighted by Crippen LogP contribution is -2.07. The molecule has 2 rings (SSSR count). The normalized spacial score (nSPS) is 15.4. The number of fused-ring (bicyclic) bond motifs is 1. The maximum absolute atomic E-state index is 5.50. The van der Waals surface area contributed by atoms with Crippen LogP contribution in [-0.2, 0) is 6.42 Å². The predicted molar refractivity (Wildman–Crippen MR) is 53.0 cm³/mol. The van der Waals surface area contributed by atoms with E-state index in [1.165, 1.54) is 15.6 Å². The van der Waals surface area contributed by atoms with Crippen LogP contribution in [0.25, 0.3) is 0 Å². The number of halogens is 1. The smallest absolute Gasteiger partial charge is 0.123 e. The molecule has 58 valence electrons. The van der Waals surface area contributed by atoms with Crippen LogP contribution in [0.3, 0.4) is 0 Å². The third kappa shape index (κ3) is 1.50. The highest BCUT2D eigenvalue weighted by Gasteiger charge is 2.08. The summed E-state index contributed by atoms with van der Waals surface area (Å²) < 4.78 is 6.75. The van der Waals surface area contributed by atoms with Crippen molar-refractivity contribution in [2.75, 3.05) is 6.61 Å². The first kappa shape index (κ1) is 7.40. The molecule has 1 aromatic carbocycles. The van der Waals surface area contributed by atoms with E-state index in [-0.39, 0.29) is 0 Å². The minimum Gasteiger partial charge on any atom is -0.493 e. The van der Waals surface area contributed by atoms with E-state index in [1.807, 2.05) is 0 Å². The van der Waals surface area contributed by atoms with Crippen LogP contribution in [0.15, 0.2) is 18.2 Å². The summed E-state index contributed by atoms with van der Waals surface area (Å²) in [6.45, 7) is 0.882. The number of benzene rings is 1. The van der Waals surface area contributed by atoms with Gasteiger partial charge in [0.25, 0.3) is 0 Å². The van der Waals surface area contributed by atoms with Crippen LogP contribution in [0.2, 0.25) is 0 Å². The van der Waals surface area contributed by atoms with Crippen LogP contribution in [0.4, 0.5) is 0 Å². The molecule has 2 heteroatoms. The Morgan fingerprint density at radius 1 is 1.36 bits per heavy atom. The molecule has 11 heavy (non-hydrogen) atoms. The number of hydrogen-bond donors (Lipinski definition) is 0. The summed E-state index contributed by atoms with van der Waals surface area (Å²) in [5.41, 5.74) is 1.36. The Kier molecular flexibility index (Phi) is 2.02. The van der Waals surface area contributed by atoms with E-state index in [2.05, 4.69) is 40.8 Å². The average molecular weight is 260 g/mol. The Labute approximate surface area is 79.9 Å². The van der Waals surface area contributed by atoms with E-state index in [4.69, 9.17) is 4.74 Å². The first-order valence-electron chi connectivity index (χ1n) is 3.77. The second-order valence-corrected chi connectivity index (χ2v) is 3.95. The topological polar surface area (TPSA) is 9.23 Å². The van der Waals surface area contributed by atoms with Gasteiger partial charge in [0.2, 0.25) is 0 Å². The molecular formula is C9H9IO. The zero-order valence-corrected chi connectivity index (χ0v) is 8.30. The third-order valence-corrected chi connectivity index (χ3v) is 2.55. The monoisotopic (exact) mass is 260 g/mol. The summed E-state index contributed by atoms with van der Waals surface area (Å²) in [5, 5.41) is 0. The summed E-state index contributed by atoms with van der Waals surface area (Å²) in [6, 6.07) is 6.40. The molecule has 0 unspecified atom stereocenters. The van der Waals surface area contributed by atoms with Gasteiger partial charge in [-0.1, -0.05) is 6.07 Å². The summed E-state index contributed by atoms with van der Waals surface area (Å²) in [4.78, 5) is 0. The summed E-state index contributed by atoms with van der Waals surface area (Å²) in [6.07, 6.45) is 2.33. The number of rotatable bonds is 0. The molecule has 0 bridgehead atoms. The van der Waals surface area contributed by atoms with Crippen molar-refractivity contribution in [1.29, 1.82) is 0 Å². The molecule has 0 atom stereocenters. The lowest BCUT2D eigenvalue weighted by atomic mass is 10.1. The molecule has 1 aromatic rings. The van der Waals surface area contributed by atoms with Crippen LogP contribution >= 0.6 is 22.6 Å². The SMILES string of the molecule is Ic1ccc2c(c1)OCCC2. The van der Waals surface area contributed by atoms with E-state index in [0.717, 1.165) is 18.8 Å². The van der Waals surface area contributed by atoms with Crippen molar-refractivity contribution >= 4 is 22.6 Å². The van der Waals surface area contributed by atoms with Crippen LogP contribution < -0.4 is 4.74 Å². The number of aryl methyl sites for hydroxylation is 1. The first-order valence-corrected chi connectivity index (χ1v) is 4.85. The molecule has 1 heterocycles. The highest BCUT2D eigenvalue weighted by atomic mass is 127. The van der Waals surface area contributed by atoms with Crippen molar-refractivity contribution in [3.8, 4) is 5.75 Å². The Morgan fingerprint density at radius 2 is 2.27 bits per heavy atom. The summed E-state index contributed by atoms with van der Waals surface area (Å²) in [7, 11) is 0. The Hall–Kier alpha value is -0.250. The molecule has 0 spiro atoms. The molecule has 1 aliphatic rings. The Balaban J connectivity index is 2.43. The molecule has 0 aromatic heterocycles. The summed E-state index contributed by atoms with van der Waals surface area (Å²) >= 11 is 2.31. The molecule has 1 nitrogen and oxygen atoms in total. The van der Waals surface area contributed by atoms with E-state index >= 15 is 0 Å². The maximum atomic E-state index is 5.50. The molecule has 1 aliphatic heterocycles. The molecule has 0 N–H and O–H groups in total. The molecule has 0 amide bonds. The molecule has 0 fully saturated rings. The number of hydrogen-bond acceptors (Lipinski definition) is 1. The molecule has 0 aliphatic carbocycles. The van der Waals surface area contributed by atoms with E-state index in [0.29, 0.717) is 0 Å². The number of ether oxygens (including phenoxy) is 1. The quantitative estimate of drug-likeness (QED) is 0.651. The molecule has 0 saturated heterocycles. The van der Waals surface area contributed by atoms with Gasteiger partial charge >= 0.3 is 0 Å². The van der Waals surface area contributed by atoms with Gasteiger partial charge in [-0.3, -0.25) is 0 Å². The van der Waals surface area contributed by atoms with E-state index in [9.17, 15) is 0 Å². The minimum atomic E-state index is 0.882. The minimum absolute atomic E-state index is 0.882. The van der Waals surface area contributed by atoms with Crippen molar-refractivity contribution < 1.29 is 4.74 Å². The summed E-state index contributed by atoms with van der Waals surface area (Å²) in [5.74, 6) is 1.09. The molecular weight excluding hydrogens is 251 g/mol. The average Bonchev–Trinajstić information content (AvgIpc) is 2.04. The highest BCUT2D eigenvalue weighted by molar-refractivity contribution is 14.1. The lowest BCUT2D eigenvalue weighted by Gasteiger charge is -2.16. The van der Waals surface area contributed by atoms with Crippen molar-refractivity contribution in [2.45, 2.75) is 12.8 Å². The van der Waals surface area contributed by atoms with Crippen molar-refractivity contribution in [3.05, 3.63) is 27.3 Å². The zero-order chi connectivity index (χ0) is 7.68. The largest absolute Gasteiger partial charge is 0.493 e. The fourth-order valence-corrected chi connectivity index (χ4v) is 1.78. The van der Waals surface area contributed by atoms with Crippen molar-refractivity contribution in [1.82, 2.24) is 0 Å². The van der Waals surface area contributed by atoms with Gasteiger partial charge in [-0.15, -0.1) is 0 Å². The van der Waals surface area contributed by atoms with Gasteiger partial charge in [0.05, 0.1) is 6.61 Å². The Bertz CT molecular complexity index is 270. The predicted octanol–water partition coefficient (Wildman–Crippen LogP) is 2.62. The van der Waals surface area contributed by atoms with Crippen LogP contribution in [0, 0.1) is 3.57 Å². The van der Waals surface area contributed by atoms with Crippen LogP contribution in [-0.4, -0.2) is 6.61 Å². The van der Waals surface area contributed by atoms with Gasteiger partial charge in [0.15, 0.2) is 0 Å². The zero-order valence-electron chi connectivity index (χ0n) is 6.14. The van der Waals surface area contributed by atoms with Gasteiger partial charge in [-0.25, -0.2) is 0 Å². The first-order chi connectivity index (χ1) is 5.36. The van der Waals surface area contributed by atoms with E-state index in [1.54, 1.807) is 0 Å². The Morgan fingerprint density at radius 3 is 3.18 bits per heavy atom. The molecule has 0 radical (unpaired) electrons. The highest BCUT2D eigenvalue weighted by Crippen LogP contribution is 2.26. The second-order valence-electron chi connectivity index (χ2n) is 2.70. The van der Waals surface area contributed by atoms with Crippen molar-refractivity contribution in [2.24, 2.45) is 0 Å². The van der Waals surface area contributed by atoms with Crippen LogP contribution in [0.1, 0.15) is 12.0 Å². The van der Waals surface area contributed by atoms with Gasteiger partial charge in [0, 0.05) is 3.57 Å². The second kappa shape index (κ2) is 3.01. The van der Waals surface area contributed by atoms with Gasteiger partial charge < -0.3 is 4.74 Å². The fraction of sp³-hybridized carbons (Fsp3) is 0.333. The van der Waals surface area contributed by atoms with Crippen LogP contribution in [0.5, 0.6) is 5.75 Å². The third-order valence-electron chi connectivity index (χ3n) is 1.88. The molecule has 0 saturated carbocycles. The van der Waals surface area contributed by atoms with Gasteiger partial charge in [0.1, 0.15) is 5.75 Å². The lowest BCUT2D eigenvalue weighted by molar-refractivity contribution is 0.288. The maximum Gasteiger partial charge on any atom is 0.123 e. The van der Waals surface area contributed by atoms with Gasteiger partial charge in [-0.2, -0.15) is 0 Å². The standard InChI is InChI=1S/C9H9IO/c10-8-4-3-7-2-1-5-11-9(7)6-8/h3-4,6H,1-2,5H2. The van der Waals surface area contributed by atoms with Gasteiger partial charge in [-0.05, 0) is 53.1 Å². The van der Waals surface area contributed by atoms with E-state index < -0.39 is 0 Å². The van der Waals surface area contributed by atoms with Crippen molar-refractivity contribution in [3.63, 3.8) is 0 Å².